The molecule has 4 rings (SSSR count). The number of aromatic amines is 1. The molecule has 1 fully saturated rings. The average molecular weight is 424 g/mol. The lowest BCUT2D eigenvalue weighted by atomic mass is 10.1. The number of H-pyrrole nitrogens is 1. The van der Waals surface area contributed by atoms with Crippen LogP contribution in [0.4, 0.5) is 0 Å². The molecule has 31 heavy (non-hydrogen) atoms. The van der Waals surface area contributed by atoms with Gasteiger partial charge in [0.1, 0.15) is 11.3 Å². The molecule has 1 saturated carbocycles. The maximum atomic E-state index is 6.18. The van der Waals surface area contributed by atoms with Crippen LogP contribution in [-0.4, -0.2) is 39.8 Å². The van der Waals surface area contributed by atoms with Crippen molar-refractivity contribution >= 4 is 11.2 Å². The number of rotatable bonds is 8. The summed E-state index contributed by atoms with van der Waals surface area (Å²) in [6, 6.07) is 6.13. The molecule has 3 aromatic rings. The Morgan fingerprint density at radius 3 is 2.74 bits per heavy atom. The lowest BCUT2D eigenvalue weighted by Crippen LogP contribution is -2.15. The number of hydrogen-bond donors (Lipinski definition) is 1. The number of aromatic nitrogens is 4. The second-order valence-electron chi connectivity index (χ2n) is 8.59. The van der Waals surface area contributed by atoms with Crippen LogP contribution in [0.3, 0.4) is 0 Å². The van der Waals surface area contributed by atoms with Gasteiger partial charge in [0.15, 0.2) is 22.6 Å². The molecule has 1 aliphatic rings. The highest BCUT2D eigenvalue weighted by atomic mass is 16.5. The molecule has 7 nitrogen and oxygen atoms in total. The first-order valence-electron chi connectivity index (χ1n) is 11.3. The number of ether oxygens (including phenoxy) is 2. The van der Waals surface area contributed by atoms with Gasteiger partial charge in [0, 0.05) is 12.5 Å². The highest BCUT2D eigenvalue weighted by Crippen LogP contribution is 2.31. The molecular weight excluding hydrogens is 390 g/mol. The third-order valence-corrected chi connectivity index (χ3v) is 5.90. The van der Waals surface area contributed by atoms with Crippen LogP contribution in [0.25, 0.3) is 11.2 Å². The van der Waals surface area contributed by atoms with E-state index in [2.05, 4.69) is 45.5 Å². The number of hydrogen-bond acceptors (Lipinski definition) is 5. The summed E-state index contributed by atoms with van der Waals surface area (Å²) in [6.45, 7) is 8.35. The molecule has 1 N–H and O–H groups in total. The standard InChI is InChI=1S/C24H33N5O2/c1-5-25-23-21-24(28-22(27-21)16(2)3)29(15-26-23)13-18-10-11-19(30-4)20(12-18)31-14-17-8-6-7-9-17/h10-12,15-17H,5-9,13-14H2,1-4H3,(H,27,28). The van der Waals surface area contributed by atoms with Gasteiger partial charge in [-0.2, -0.15) is 0 Å². The number of nitrogens with one attached hydrogen (secondary N) is 1. The minimum absolute atomic E-state index is 0.298. The zero-order valence-corrected chi connectivity index (χ0v) is 19.0. The fourth-order valence-electron chi connectivity index (χ4n) is 4.16. The minimum Gasteiger partial charge on any atom is -0.493 e. The van der Waals surface area contributed by atoms with Crippen molar-refractivity contribution in [3.05, 3.63) is 41.4 Å². The van der Waals surface area contributed by atoms with Crippen molar-refractivity contribution < 1.29 is 9.47 Å². The number of imidazole rings is 1. The third kappa shape index (κ3) is 4.75. The minimum atomic E-state index is 0.298. The normalized spacial score (nSPS) is 15.3. The lowest BCUT2D eigenvalue weighted by Gasteiger charge is -2.16. The second kappa shape index (κ2) is 9.54. The fraction of sp³-hybridized carbons (Fsp3) is 0.542. The molecule has 0 spiro atoms. The van der Waals surface area contributed by atoms with Gasteiger partial charge >= 0.3 is 0 Å². The van der Waals surface area contributed by atoms with E-state index in [1.807, 2.05) is 19.3 Å². The highest BCUT2D eigenvalue weighted by Gasteiger charge is 2.17. The van der Waals surface area contributed by atoms with E-state index in [4.69, 9.17) is 14.5 Å². The zero-order chi connectivity index (χ0) is 21.8. The summed E-state index contributed by atoms with van der Waals surface area (Å²) in [6.07, 6.45) is 6.97. The van der Waals surface area contributed by atoms with Gasteiger partial charge < -0.3 is 19.0 Å². The molecule has 166 valence electrons. The predicted octanol–water partition coefficient (Wildman–Crippen LogP) is 4.43. The van der Waals surface area contributed by atoms with Gasteiger partial charge in [-0.05, 0) is 43.4 Å². The molecule has 0 radical (unpaired) electrons. The monoisotopic (exact) mass is 423 g/mol. The van der Waals surface area contributed by atoms with E-state index in [0.717, 1.165) is 40.7 Å². The van der Waals surface area contributed by atoms with Gasteiger partial charge in [0.25, 0.3) is 0 Å². The largest absolute Gasteiger partial charge is 0.493 e. The second-order valence-corrected chi connectivity index (χ2v) is 8.59. The first-order valence-corrected chi connectivity index (χ1v) is 11.3. The van der Waals surface area contributed by atoms with Crippen molar-refractivity contribution in [2.24, 2.45) is 10.9 Å². The van der Waals surface area contributed by atoms with Crippen molar-refractivity contribution in [1.29, 1.82) is 0 Å². The van der Waals surface area contributed by atoms with Crippen LogP contribution in [0.1, 0.15) is 63.8 Å². The smallest absolute Gasteiger partial charge is 0.176 e. The number of nitrogens with zero attached hydrogens (tertiary/aromatic N) is 4. The first kappa shape index (κ1) is 21.4. The molecule has 2 heterocycles. The van der Waals surface area contributed by atoms with Crippen LogP contribution in [0.2, 0.25) is 0 Å². The third-order valence-electron chi connectivity index (χ3n) is 5.90. The number of benzene rings is 1. The van der Waals surface area contributed by atoms with Gasteiger partial charge in [-0.1, -0.05) is 32.8 Å². The van der Waals surface area contributed by atoms with Crippen molar-refractivity contribution in [1.82, 2.24) is 19.5 Å². The Morgan fingerprint density at radius 1 is 1.23 bits per heavy atom. The van der Waals surface area contributed by atoms with Crippen LogP contribution < -0.4 is 15.0 Å². The maximum absolute atomic E-state index is 6.18. The predicted molar refractivity (Wildman–Crippen MR) is 122 cm³/mol. The van der Waals surface area contributed by atoms with E-state index >= 15 is 0 Å². The SMILES string of the molecule is CCN=c1ncn(Cc2ccc(OC)c(OCC3CCCC3)c2)c2nc(C(C)C)[nH]c12. The Morgan fingerprint density at radius 2 is 2.03 bits per heavy atom. The molecule has 2 aromatic heterocycles. The van der Waals surface area contributed by atoms with Crippen LogP contribution in [-0.2, 0) is 6.54 Å². The van der Waals surface area contributed by atoms with E-state index in [1.165, 1.54) is 25.7 Å². The molecule has 7 heteroatoms. The van der Waals surface area contributed by atoms with Gasteiger partial charge in [-0.3, -0.25) is 4.99 Å². The summed E-state index contributed by atoms with van der Waals surface area (Å²) in [7, 11) is 1.69. The summed E-state index contributed by atoms with van der Waals surface area (Å²) in [4.78, 5) is 17.4. The average Bonchev–Trinajstić information content (AvgIpc) is 3.44. The van der Waals surface area contributed by atoms with Gasteiger partial charge in [-0.25, -0.2) is 9.97 Å². The maximum Gasteiger partial charge on any atom is 0.176 e. The van der Waals surface area contributed by atoms with Crippen molar-refractivity contribution in [2.45, 2.75) is 58.9 Å². The topological polar surface area (TPSA) is 77.3 Å². The fourth-order valence-corrected chi connectivity index (χ4v) is 4.16. The number of fused-ring (bicyclic) bond motifs is 1. The quantitative estimate of drug-likeness (QED) is 0.581. The summed E-state index contributed by atoms with van der Waals surface area (Å²) in [5, 5.41) is 0. The molecule has 0 bridgehead atoms. The Bertz CT molecular complexity index is 1090. The molecule has 0 saturated heterocycles. The van der Waals surface area contributed by atoms with E-state index in [-0.39, 0.29) is 0 Å². The van der Waals surface area contributed by atoms with Crippen LogP contribution in [0, 0.1) is 5.92 Å². The van der Waals surface area contributed by atoms with Gasteiger partial charge in [-0.15, -0.1) is 0 Å². The van der Waals surface area contributed by atoms with Crippen molar-refractivity contribution in [3.63, 3.8) is 0 Å². The molecule has 1 aromatic carbocycles. The van der Waals surface area contributed by atoms with E-state index in [9.17, 15) is 0 Å². The molecular formula is C24H33N5O2. The Balaban J connectivity index is 1.64. The van der Waals surface area contributed by atoms with Gasteiger partial charge in [0.2, 0.25) is 0 Å². The highest BCUT2D eigenvalue weighted by molar-refractivity contribution is 5.69. The van der Waals surface area contributed by atoms with Gasteiger partial charge in [0.05, 0.1) is 26.6 Å². The molecule has 0 aliphatic heterocycles. The summed E-state index contributed by atoms with van der Waals surface area (Å²) >= 11 is 0. The van der Waals surface area contributed by atoms with Crippen molar-refractivity contribution in [2.75, 3.05) is 20.3 Å². The summed E-state index contributed by atoms with van der Waals surface area (Å²) < 4.78 is 13.8. The van der Waals surface area contributed by atoms with Crippen LogP contribution >= 0.6 is 0 Å². The summed E-state index contributed by atoms with van der Waals surface area (Å²) in [5.41, 5.74) is 3.59. The van der Waals surface area contributed by atoms with E-state index in [1.54, 1.807) is 7.11 Å². The zero-order valence-electron chi connectivity index (χ0n) is 19.0. The molecule has 1 aliphatic carbocycles. The van der Waals surface area contributed by atoms with E-state index < -0.39 is 0 Å². The molecule has 0 atom stereocenters. The molecule has 0 amide bonds. The number of methoxy groups -OCH3 is 1. The van der Waals surface area contributed by atoms with Crippen molar-refractivity contribution in [3.8, 4) is 11.5 Å². The Hall–Kier alpha value is -2.83. The van der Waals surface area contributed by atoms with Crippen LogP contribution in [0.5, 0.6) is 11.5 Å². The summed E-state index contributed by atoms with van der Waals surface area (Å²) in [5.74, 6) is 3.47. The lowest BCUT2D eigenvalue weighted by molar-refractivity contribution is 0.240. The molecule has 0 unspecified atom stereocenters. The van der Waals surface area contributed by atoms with E-state index in [0.29, 0.717) is 30.4 Å². The Labute approximate surface area is 183 Å². The first-order chi connectivity index (χ1) is 15.1. The Kier molecular flexibility index (Phi) is 6.59. The van der Waals surface area contributed by atoms with Crippen LogP contribution in [0.15, 0.2) is 29.5 Å².